The molecule has 2 N–H and O–H groups in total. The molecule has 0 spiro atoms. The van der Waals surface area contributed by atoms with Gasteiger partial charge in [0.15, 0.2) is 0 Å². The number of rotatable bonds is 7. The zero-order chi connectivity index (χ0) is 29.5. The predicted molar refractivity (Wildman–Crippen MR) is 162 cm³/mol. The maximum Gasteiger partial charge on any atom is 0.255 e. The third-order valence-corrected chi connectivity index (χ3v) is 7.32. The summed E-state index contributed by atoms with van der Waals surface area (Å²) >= 11 is 0. The summed E-state index contributed by atoms with van der Waals surface area (Å²) in [5.41, 5.74) is 4.64. The summed E-state index contributed by atoms with van der Waals surface area (Å²) in [4.78, 5) is 43.5. The maximum absolute atomic E-state index is 13.5. The van der Waals surface area contributed by atoms with Crippen LogP contribution in [0, 0.1) is 12.7 Å². The molecular formula is C34H33FN4O3. The highest BCUT2D eigenvalue weighted by molar-refractivity contribution is 6.06. The van der Waals surface area contributed by atoms with Gasteiger partial charge in [-0.2, -0.15) is 0 Å². The zero-order valence-corrected chi connectivity index (χ0v) is 23.5. The fourth-order valence-electron chi connectivity index (χ4n) is 4.98. The van der Waals surface area contributed by atoms with Crippen molar-refractivity contribution in [3.05, 3.63) is 131 Å². The molecule has 0 atom stereocenters. The molecule has 4 aromatic carbocycles. The molecule has 3 amide bonds. The number of hydrogen-bond donors (Lipinski definition) is 2. The van der Waals surface area contributed by atoms with Crippen molar-refractivity contribution in [3.63, 3.8) is 0 Å². The summed E-state index contributed by atoms with van der Waals surface area (Å²) < 4.78 is 13.4. The van der Waals surface area contributed by atoms with Crippen LogP contribution in [0.25, 0.3) is 0 Å². The molecule has 1 heterocycles. The Hall–Kier alpha value is -4.98. The fourth-order valence-corrected chi connectivity index (χ4v) is 4.98. The van der Waals surface area contributed by atoms with Gasteiger partial charge in [0.2, 0.25) is 0 Å². The first kappa shape index (κ1) is 28.5. The number of amides is 3. The number of carbonyl (C=O) groups is 3. The van der Waals surface area contributed by atoms with E-state index < -0.39 is 0 Å². The highest BCUT2D eigenvalue weighted by atomic mass is 19.1. The Labute approximate surface area is 245 Å². The number of benzene rings is 4. The Morgan fingerprint density at radius 2 is 1.50 bits per heavy atom. The molecule has 1 fully saturated rings. The molecule has 0 aromatic heterocycles. The van der Waals surface area contributed by atoms with Crippen LogP contribution in [-0.2, 0) is 6.54 Å². The van der Waals surface area contributed by atoms with Gasteiger partial charge in [-0.3, -0.25) is 14.4 Å². The molecule has 0 bridgehead atoms. The largest absolute Gasteiger partial charge is 0.369 e. The van der Waals surface area contributed by atoms with E-state index in [1.807, 2.05) is 48.2 Å². The molecule has 0 unspecified atom stereocenters. The minimum absolute atomic E-state index is 0.00640. The van der Waals surface area contributed by atoms with E-state index in [1.165, 1.54) is 12.1 Å². The number of halogens is 1. The number of hydrogen-bond acceptors (Lipinski definition) is 4. The van der Waals surface area contributed by atoms with Crippen molar-refractivity contribution in [2.45, 2.75) is 19.9 Å². The standard InChI is InChI=1S/C34H33FN4O3/c1-24-8-12-27(13-9-24)34(42)39-19-5-18-38(20-21-39)31-17-16-29(37-32(40)26-6-3-2-4-7-26)22-30(31)33(41)36-23-25-10-14-28(35)15-11-25/h2-4,6-17,22H,5,18-21,23H2,1H3,(H,36,41)(H,37,40). The van der Waals surface area contributed by atoms with Crippen molar-refractivity contribution < 1.29 is 18.8 Å². The number of anilines is 2. The normalized spacial score (nSPS) is 13.3. The van der Waals surface area contributed by atoms with E-state index in [2.05, 4.69) is 15.5 Å². The van der Waals surface area contributed by atoms with Crippen LogP contribution in [0.4, 0.5) is 15.8 Å². The van der Waals surface area contributed by atoms with Crippen LogP contribution >= 0.6 is 0 Å². The predicted octanol–water partition coefficient (Wildman–Crippen LogP) is 5.67. The number of nitrogens with zero attached hydrogens (tertiary/aromatic N) is 2. The summed E-state index contributed by atoms with van der Waals surface area (Å²) in [7, 11) is 0. The molecule has 8 heteroatoms. The average molecular weight is 565 g/mol. The van der Waals surface area contributed by atoms with E-state index in [0.717, 1.165) is 17.5 Å². The lowest BCUT2D eigenvalue weighted by Gasteiger charge is -2.26. The fraction of sp³-hybridized carbons (Fsp3) is 0.206. The van der Waals surface area contributed by atoms with Gasteiger partial charge in [-0.25, -0.2) is 4.39 Å². The molecule has 0 saturated carbocycles. The number of aryl methyl sites for hydroxylation is 1. The van der Waals surface area contributed by atoms with Gasteiger partial charge in [0.25, 0.3) is 17.7 Å². The van der Waals surface area contributed by atoms with Crippen LogP contribution in [0.1, 0.15) is 48.6 Å². The second-order valence-corrected chi connectivity index (χ2v) is 10.4. The van der Waals surface area contributed by atoms with Crippen LogP contribution in [0.5, 0.6) is 0 Å². The smallest absolute Gasteiger partial charge is 0.255 e. The quantitative estimate of drug-likeness (QED) is 0.303. The van der Waals surface area contributed by atoms with Gasteiger partial charge < -0.3 is 20.4 Å². The van der Waals surface area contributed by atoms with Gasteiger partial charge in [-0.15, -0.1) is 0 Å². The van der Waals surface area contributed by atoms with E-state index in [-0.39, 0.29) is 30.1 Å². The summed E-state index contributed by atoms with van der Waals surface area (Å²) in [6.07, 6.45) is 0.737. The van der Waals surface area contributed by atoms with Crippen molar-refractivity contribution in [1.82, 2.24) is 10.2 Å². The van der Waals surface area contributed by atoms with Gasteiger partial charge in [-0.1, -0.05) is 48.0 Å². The molecule has 1 aliphatic heterocycles. The lowest BCUT2D eigenvalue weighted by Crippen LogP contribution is -2.36. The lowest BCUT2D eigenvalue weighted by molar-refractivity contribution is 0.0766. The molecule has 7 nitrogen and oxygen atoms in total. The van der Waals surface area contributed by atoms with Gasteiger partial charge >= 0.3 is 0 Å². The minimum atomic E-state index is -0.342. The molecule has 5 rings (SSSR count). The van der Waals surface area contributed by atoms with Crippen molar-refractivity contribution in [2.24, 2.45) is 0 Å². The van der Waals surface area contributed by atoms with Crippen LogP contribution < -0.4 is 15.5 Å². The van der Waals surface area contributed by atoms with Gasteiger partial charge in [0.1, 0.15) is 5.82 Å². The Morgan fingerprint density at radius 3 is 2.24 bits per heavy atom. The summed E-state index contributed by atoms with van der Waals surface area (Å²) in [6.45, 7) is 4.54. The zero-order valence-electron chi connectivity index (χ0n) is 23.5. The number of carbonyl (C=O) groups excluding carboxylic acids is 3. The highest BCUT2D eigenvalue weighted by Gasteiger charge is 2.24. The van der Waals surface area contributed by atoms with Crippen molar-refractivity contribution in [3.8, 4) is 0 Å². The van der Waals surface area contributed by atoms with Crippen molar-refractivity contribution in [2.75, 3.05) is 36.4 Å². The van der Waals surface area contributed by atoms with Crippen molar-refractivity contribution >= 4 is 29.1 Å². The Morgan fingerprint density at radius 1 is 0.762 bits per heavy atom. The molecule has 0 radical (unpaired) electrons. The first-order valence-corrected chi connectivity index (χ1v) is 14.0. The molecule has 42 heavy (non-hydrogen) atoms. The third kappa shape index (κ3) is 7.01. The molecule has 214 valence electrons. The van der Waals surface area contributed by atoms with Gasteiger partial charge in [0, 0.05) is 55.2 Å². The van der Waals surface area contributed by atoms with E-state index in [4.69, 9.17) is 0 Å². The van der Waals surface area contributed by atoms with E-state index in [1.54, 1.807) is 48.5 Å². The lowest BCUT2D eigenvalue weighted by atomic mass is 10.1. The van der Waals surface area contributed by atoms with E-state index in [0.29, 0.717) is 54.2 Å². The molecule has 0 aliphatic carbocycles. The summed E-state index contributed by atoms with van der Waals surface area (Å²) in [5.74, 6) is -0.943. The Kier molecular flexibility index (Phi) is 8.92. The first-order valence-electron chi connectivity index (χ1n) is 14.0. The number of nitrogens with one attached hydrogen (secondary N) is 2. The second kappa shape index (κ2) is 13.1. The highest BCUT2D eigenvalue weighted by Crippen LogP contribution is 2.27. The average Bonchev–Trinajstić information content (AvgIpc) is 3.27. The summed E-state index contributed by atoms with van der Waals surface area (Å²) in [6, 6.07) is 27.7. The maximum atomic E-state index is 13.5. The van der Waals surface area contributed by atoms with E-state index in [9.17, 15) is 18.8 Å². The molecule has 1 saturated heterocycles. The topological polar surface area (TPSA) is 81.8 Å². The van der Waals surface area contributed by atoms with Crippen LogP contribution in [0.3, 0.4) is 0 Å². The summed E-state index contributed by atoms with van der Waals surface area (Å²) in [5, 5.41) is 5.82. The van der Waals surface area contributed by atoms with Crippen LogP contribution in [0.2, 0.25) is 0 Å². The van der Waals surface area contributed by atoms with Crippen LogP contribution in [0.15, 0.2) is 97.1 Å². The van der Waals surface area contributed by atoms with Gasteiger partial charge in [0.05, 0.1) is 5.56 Å². The Balaban J connectivity index is 1.36. The van der Waals surface area contributed by atoms with E-state index >= 15 is 0 Å². The van der Waals surface area contributed by atoms with Crippen LogP contribution in [-0.4, -0.2) is 48.8 Å². The SMILES string of the molecule is Cc1ccc(C(=O)N2CCCN(c3ccc(NC(=O)c4ccccc4)cc3C(=O)NCc3ccc(F)cc3)CC2)cc1. The molecule has 4 aromatic rings. The molecular weight excluding hydrogens is 531 g/mol. The third-order valence-electron chi connectivity index (χ3n) is 7.32. The monoisotopic (exact) mass is 564 g/mol. The second-order valence-electron chi connectivity index (χ2n) is 10.4. The Bertz CT molecular complexity index is 1560. The van der Waals surface area contributed by atoms with Gasteiger partial charge in [-0.05, 0) is 73.5 Å². The minimum Gasteiger partial charge on any atom is -0.369 e. The van der Waals surface area contributed by atoms with Crippen molar-refractivity contribution in [1.29, 1.82) is 0 Å². The molecule has 1 aliphatic rings. The first-order chi connectivity index (χ1) is 20.4.